The summed E-state index contributed by atoms with van der Waals surface area (Å²) < 4.78 is 43.7. The standard InChI is InChI=1S/C16H11ClF3NO3/c1-24-13-5-3-9(17)7-11(13)14-10-4-2-8(16(18,19)20)6-12(10)21(23)15(14)22/h2-7,14,23H,1H3. The highest BCUT2D eigenvalue weighted by molar-refractivity contribution is 6.30. The molecule has 2 aromatic rings. The topological polar surface area (TPSA) is 49.8 Å². The second-order valence-corrected chi connectivity index (χ2v) is 5.68. The van der Waals surface area contributed by atoms with Gasteiger partial charge in [-0.15, -0.1) is 0 Å². The Morgan fingerprint density at radius 2 is 1.88 bits per heavy atom. The minimum absolute atomic E-state index is 0.207. The van der Waals surface area contributed by atoms with Crippen molar-refractivity contribution in [3.63, 3.8) is 0 Å². The second kappa shape index (κ2) is 5.68. The summed E-state index contributed by atoms with van der Waals surface area (Å²) in [5.41, 5.74) is -0.544. The van der Waals surface area contributed by atoms with Crippen LogP contribution in [0.3, 0.4) is 0 Å². The molecule has 1 heterocycles. The van der Waals surface area contributed by atoms with Crippen LogP contribution in [0.4, 0.5) is 18.9 Å². The Kier molecular flexibility index (Phi) is 3.93. The number of hydroxylamine groups is 1. The smallest absolute Gasteiger partial charge is 0.416 e. The van der Waals surface area contributed by atoms with Gasteiger partial charge in [-0.3, -0.25) is 10.0 Å². The molecule has 0 aromatic heterocycles. The van der Waals surface area contributed by atoms with E-state index in [1.54, 1.807) is 12.1 Å². The van der Waals surface area contributed by atoms with E-state index in [0.717, 1.165) is 12.1 Å². The molecule has 1 aliphatic heterocycles. The largest absolute Gasteiger partial charge is 0.496 e. The van der Waals surface area contributed by atoms with Gasteiger partial charge in [0.15, 0.2) is 0 Å². The number of rotatable bonds is 2. The highest BCUT2D eigenvalue weighted by Gasteiger charge is 2.41. The van der Waals surface area contributed by atoms with Gasteiger partial charge in [0.05, 0.1) is 24.3 Å². The van der Waals surface area contributed by atoms with E-state index in [1.807, 2.05) is 0 Å². The number of nitrogens with zero attached hydrogens (tertiary/aromatic N) is 1. The van der Waals surface area contributed by atoms with Gasteiger partial charge >= 0.3 is 6.18 Å². The van der Waals surface area contributed by atoms with Crippen LogP contribution >= 0.6 is 11.6 Å². The van der Waals surface area contributed by atoms with Crippen molar-refractivity contribution in [2.45, 2.75) is 12.1 Å². The number of anilines is 1. The van der Waals surface area contributed by atoms with Crippen LogP contribution in [0.25, 0.3) is 0 Å². The molecule has 0 bridgehead atoms. The van der Waals surface area contributed by atoms with E-state index in [9.17, 15) is 23.2 Å². The van der Waals surface area contributed by atoms with Crippen molar-refractivity contribution in [1.82, 2.24) is 0 Å². The van der Waals surface area contributed by atoms with Gasteiger partial charge in [-0.05, 0) is 35.9 Å². The minimum Gasteiger partial charge on any atom is -0.496 e. The molecular weight excluding hydrogens is 347 g/mol. The van der Waals surface area contributed by atoms with Crippen LogP contribution in [0.5, 0.6) is 5.75 Å². The molecule has 0 spiro atoms. The number of fused-ring (bicyclic) bond motifs is 1. The van der Waals surface area contributed by atoms with Gasteiger partial charge < -0.3 is 4.74 Å². The summed E-state index contributed by atoms with van der Waals surface area (Å²) in [6.45, 7) is 0. The zero-order valence-electron chi connectivity index (χ0n) is 12.3. The number of halogens is 4. The lowest BCUT2D eigenvalue weighted by molar-refractivity contribution is -0.137. The van der Waals surface area contributed by atoms with Crippen molar-refractivity contribution >= 4 is 23.2 Å². The summed E-state index contributed by atoms with van der Waals surface area (Å²) in [7, 11) is 1.40. The molecule has 1 atom stereocenters. The van der Waals surface area contributed by atoms with E-state index < -0.39 is 23.6 Å². The molecule has 8 heteroatoms. The van der Waals surface area contributed by atoms with Crippen LogP contribution in [-0.4, -0.2) is 18.2 Å². The summed E-state index contributed by atoms with van der Waals surface area (Å²) in [5, 5.41) is 10.5. The number of carbonyl (C=O) groups is 1. The molecule has 0 fully saturated rings. The first-order chi connectivity index (χ1) is 11.2. The average Bonchev–Trinajstić information content (AvgIpc) is 2.77. The molecule has 3 rings (SSSR count). The molecule has 126 valence electrons. The highest BCUT2D eigenvalue weighted by Crippen LogP contribution is 2.45. The number of hydrogen-bond acceptors (Lipinski definition) is 3. The molecule has 1 N–H and O–H groups in total. The number of ether oxygens (including phenoxy) is 1. The van der Waals surface area contributed by atoms with E-state index in [1.165, 1.54) is 19.2 Å². The van der Waals surface area contributed by atoms with Gasteiger partial charge in [0.1, 0.15) is 5.75 Å². The Hall–Kier alpha value is -2.25. The zero-order valence-corrected chi connectivity index (χ0v) is 13.0. The van der Waals surface area contributed by atoms with Crippen LogP contribution in [0.1, 0.15) is 22.6 Å². The summed E-state index contributed by atoms with van der Waals surface area (Å²) >= 11 is 5.96. The molecule has 0 aliphatic carbocycles. The second-order valence-electron chi connectivity index (χ2n) is 5.24. The van der Waals surface area contributed by atoms with Gasteiger partial charge in [-0.25, -0.2) is 0 Å². The van der Waals surface area contributed by atoms with Crippen molar-refractivity contribution < 1.29 is 27.9 Å². The number of alkyl halides is 3. The third-order valence-electron chi connectivity index (χ3n) is 3.86. The summed E-state index contributed by atoms with van der Waals surface area (Å²) in [6, 6.07) is 7.39. The number of benzene rings is 2. The quantitative estimate of drug-likeness (QED) is 0.818. The molecule has 1 aliphatic rings. The normalized spacial score (nSPS) is 17.2. The average molecular weight is 358 g/mol. The SMILES string of the molecule is COc1ccc(Cl)cc1C1C(=O)N(O)c2cc(C(F)(F)F)ccc21. The predicted octanol–water partition coefficient (Wildman–Crippen LogP) is 4.24. The van der Waals surface area contributed by atoms with Crippen LogP contribution in [0.2, 0.25) is 5.02 Å². The maximum atomic E-state index is 12.8. The van der Waals surface area contributed by atoms with Crippen molar-refractivity contribution in [2.24, 2.45) is 0 Å². The van der Waals surface area contributed by atoms with Gasteiger partial charge in [-0.2, -0.15) is 18.2 Å². The molecule has 1 amide bonds. The number of methoxy groups -OCH3 is 1. The molecule has 24 heavy (non-hydrogen) atoms. The maximum Gasteiger partial charge on any atom is 0.416 e. The van der Waals surface area contributed by atoms with Crippen molar-refractivity contribution in [1.29, 1.82) is 0 Å². The lowest BCUT2D eigenvalue weighted by Crippen LogP contribution is -2.25. The first-order valence-electron chi connectivity index (χ1n) is 6.81. The van der Waals surface area contributed by atoms with E-state index in [0.29, 0.717) is 16.3 Å². The number of hydrogen-bond donors (Lipinski definition) is 1. The van der Waals surface area contributed by atoms with E-state index in [2.05, 4.69) is 0 Å². The maximum absolute atomic E-state index is 12.8. The lowest BCUT2D eigenvalue weighted by atomic mass is 9.91. The van der Waals surface area contributed by atoms with Crippen molar-refractivity contribution in [2.75, 3.05) is 12.2 Å². The van der Waals surface area contributed by atoms with Crippen LogP contribution < -0.4 is 9.80 Å². The highest BCUT2D eigenvalue weighted by atomic mass is 35.5. The fraction of sp³-hybridized carbons (Fsp3) is 0.188. The lowest BCUT2D eigenvalue weighted by Gasteiger charge is -2.14. The van der Waals surface area contributed by atoms with Crippen molar-refractivity contribution in [3.8, 4) is 5.75 Å². The first-order valence-corrected chi connectivity index (χ1v) is 7.19. The Morgan fingerprint density at radius 3 is 2.50 bits per heavy atom. The zero-order chi connectivity index (χ0) is 17.6. The van der Waals surface area contributed by atoms with Gasteiger partial charge in [0.2, 0.25) is 0 Å². The molecular formula is C16H11ClF3NO3. The summed E-state index contributed by atoms with van der Waals surface area (Å²) in [5.74, 6) is -1.43. The molecule has 0 saturated carbocycles. The molecule has 0 saturated heterocycles. The Morgan fingerprint density at radius 1 is 1.17 bits per heavy atom. The van der Waals surface area contributed by atoms with E-state index in [4.69, 9.17) is 16.3 Å². The first kappa shape index (κ1) is 16.6. The fourth-order valence-corrected chi connectivity index (χ4v) is 2.93. The Bertz CT molecular complexity index is 823. The molecule has 0 radical (unpaired) electrons. The van der Waals surface area contributed by atoms with E-state index >= 15 is 0 Å². The molecule has 1 unspecified atom stereocenters. The third kappa shape index (κ3) is 2.59. The minimum atomic E-state index is -4.58. The van der Waals surface area contributed by atoms with Gasteiger partial charge in [-0.1, -0.05) is 17.7 Å². The molecule has 2 aromatic carbocycles. The monoisotopic (exact) mass is 357 g/mol. The van der Waals surface area contributed by atoms with Gasteiger partial charge in [0, 0.05) is 10.6 Å². The summed E-state index contributed by atoms with van der Waals surface area (Å²) in [6.07, 6.45) is -4.58. The van der Waals surface area contributed by atoms with E-state index in [-0.39, 0.29) is 16.3 Å². The Labute approximate surface area is 140 Å². The summed E-state index contributed by atoms with van der Waals surface area (Å²) in [4.78, 5) is 12.4. The fourth-order valence-electron chi connectivity index (χ4n) is 2.75. The van der Waals surface area contributed by atoms with Gasteiger partial charge in [0.25, 0.3) is 5.91 Å². The Balaban J connectivity index is 2.17. The van der Waals surface area contributed by atoms with Crippen LogP contribution in [0, 0.1) is 0 Å². The predicted molar refractivity (Wildman–Crippen MR) is 80.6 cm³/mol. The molecule has 4 nitrogen and oxygen atoms in total. The number of carbonyl (C=O) groups excluding carboxylic acids is 1. The third-order valence-corrected chi connectivity index (χ3v) is 4.09. The van der Waals surface area contributed by atoms with Crippen LogP contribution in [0.15, 0.2) is 36.4 Å². The van der Waals surface area contributed by atoms with Crippen molar-refractivity contribution in [3.05, 3.63) is 58.1 Å². The van der Waals surface area contributed by atoms with Crippen LogP contribution in [-0.2, 0) is 11.0 Å². The number of amides is 1.